The van der Waals surface area contributed by atoms with E-state index < -0.39 is 0 Å². The van der Waals surface area contributed by atoms with Gasteiger partial charge in [0.1, 0.15) is 0 Å². The van der Waals surface area contributed by atoms with Gasteiger partial charge in [0, 0.05) is 0 Å². The predicted molar refractivity (Wildman–Crippen MR) is 142 cm³/mol. The molecule has 0 aliphatic carbocycles. The molecular weight excluding hydrogens is 644 g/mol. The second-order valence-corrected chi connectivity index (χ2v) is 13.4. The molecule has 9 heteroatoms. The summed E-state index contributed by atoms with van der Waals surface area (Å²) in [5, 5.41) is 8.69. The van der Waals surface area contributed by atoms with Crippen molar-refractivity contribution in [2.75, 3.05) is 6.54 Å². The van der Waals surface area contributed by atoms with Crippen LogP contribution >= 0.6 is 55.1 Å². The van der Waals surface area contributed by atoms with E-state index in [1.54, 1.807) is 16.8 Å². The van der Waals surface area contributed by atoms with Gasteiger partial charge in [-0.15, -0.1) is 0 Å². The maximum absolute atomic E-state index is 12.9. The summed E-state index contributed by atoms with van der Waals surface area (Å²) in [6, 6.07) is 9.35. The van der Waals surface area contributed by atoms with Gasteiger partial charge in [-0.05, 0) is 0 Å². The third-order valence-electron chi connectivity index (χ3n) is 5.05. The zero-order chi connectivity index (χ0) is 23.1. The number of hydrogen-bond donors (Lipinski definition) is 1. The van der Waals surface area contributed by atoms with Crippen molar-refractivity contribution < 1.29 is 4.79 Å². The van der Waals surface area contributed by atoms with Crippen molar-refractivity contribution >= 4 is 75.5 Å². The van der Waals surface area contributed by atoms with Crippen molar-refractivity contribution in [1.82, 2.24) is 15.1 Å². The molecule has 2 aromatic heterocycles. The van der Waals surface area contributed by atoms with Crippen LogP contribution in [0.15, 0.2) is 38.2 Å². The molecule has 1 aromatic carbocycles. The molecule has 4 nitrogen and oxygen atoms in total. The molecule has 0 spiro atoms. The summed E-state index contributed by atoms with van der Waals surface area (Å²) in [5.74, 6) is -0.189. The SMILES string of the molecule is CCCCCCCCCNC(=O)c1nn(-c2ccc(Cl)cc2Cl)c(-c2ccc(Br)[se]2)c1Br. The molecule has 0 unspecified atom stereocenters. The first kappa shape index (κ1) is 26.1. The maximum atomic E-state index is 12.9. The average molecular weight is 669 g/mol. The summed E-state index contributed by atoms with van der Waals surface area (Å²) in [4.78, 5) is 12.9. The molecule has 0 bridgehead atoms. The Kier molecular flexibility index (Phi) is 10.4. The molecule has 0 atom stereocenters. The van der Waals surface area contributed by atoms with Crippen LogP contribution < -0.4 is 5.32 Å². The zero-order valence-corrected chi connectivity index (χ0v) is 24.2. The van der Waals surface area contributed by atoms with Crippen molar-refractivity contribution in [3.8, 4) is 15.8 Å². The Morgan fingerprint density at radius 3 is 2.44 bits per heavy atom. The van der Waals surface area contributed by atoms with Crippen LogP contribution in [0.4, 0.5) is 0 Å². The number of benzene rings is 1. The summed E-state index contributed by atoms with van der Waals surface area (Å²) >= 11 is 19.9. The summed E-state index contributed by atoms with van der Waals surface area (Å²) in [5.41, 5.74) is 1.87. The van der Waals surface area contributed by atoms with E-state index >= 15 is 0 Å². The van der Waals surface area contributed by atoms with Crippen LogP contribution in [-0.4, -0.2) is 36.7 Å². The van der Waals surface area contributed by atoms with E-state index in [4.69, 9.17) is 23.2 Å². The molecule has 3 rings (SSSR count). The first-order chi connectivity index (χ1) is 15.4. The number of carbonyl (C=O) groups is 1. The molecule has 0 radical (unpaired) electrons. The molecule has 3 aromatic rings. The molecular formula is C23H25Br2Cl2N3OSe. The van der Waals surface area contributed by atoms with Crippen molar-refractivity contribution in [3.05, 3.63) is 53.9 Å². The van der Waals surface area contributed by atoms with Crippen molar-refractivity contribution in [1.29, 1.82) is 0 Å². The van der Waals surface area contributed by atoms with E-state index in [0.717, 1.165) is 26.3 Å². The van der Waals surface area contributed by atoms with Crippen molar-refractivity contribution in [2.24, 2.45) is 0 Å². The van der Waals surface area contributed by atoms with Gasteiger partial charge >= 0.3 is 204 Å². The predicted octanol–water partition coefficient (Wildman–Crippen LogP) is 7.91. The van der Waals surface area contributed by atoms with Gasteiger partial charge in [0.2, 0.25) is 0 Å². The van der Waals surface area contributed by atoms with Gasteiger partial charge in [-0.25, -0.2) is 0 Å². The minimum atomic E-state index is -0.189. The van der Waals surface area contributed by atoms with Crippen LogP contribution in [0.25, 0.3) is 15.8 Å². The molecule has 0 aliphatic rings. The van der Waals surface area contributed by atoms with Gasteiger partial charge < -0.3 is 0 Å². The number of halogens is 4. The van der Waals surface area contributed by atoms with E-state index in [0.29, 0.717) is 32.4 Å². The fraction of sp³-hybridized carbons (Fsp3) is 0.391. The first-order valence-electron chi connectivity index (χ1n) is 10.7. The summed E-state index contributed by atoms with van der Waals surface area (Å²) in [6.07, 6.45) is 8.43. The number of nitrogens with one attached hydrogen (secondary N) is 1. The van der Waals surface area contributed by atoms with Crippen LogP contribution in [0.1, 0.15) is 62.4 Å². The Morgan fingerprint density at radius 2 is 1.78 bits per heavy atom. The standard InChI is InChI=1S/C23H25Br2Cl2N3OSe/c1-2-3-4-5-6-7-8-13-28-23(31)21-20(25)22(18-11-12-19(24)32-18)30(29-21)17-10-9-15(26)14-16(17)27/h9-12,14H,2-8,13H2,1H3,(H,28,31). The van der Waals surface area contributed by atoms with Crippen LogP contribution in [0.5, 0.6) is 0 Å². The van der Waals surface area contributed by atoms with Gasteiger partial charge in [0.25, 0.3) is 0 Å². The average Bonchev–Trinajstić information content (AvgIpc) is 3.32. The molecule has 0 fully saturated rings. The van der Waals surface area contributed by atoms with Crippen molar-refractivity contribution in [2.45, 2.75) is 51.9 Å². The van der Waals surface area contributed by atoms with Crippen molar-refractivity contribution in [3.63, 3.8) is 0 Å². The molecule has 32 heavy (non-hydrogen) atoms. The van der Waals surface area contributed by atoms with E-state index in [1.807, 2.05) is 18.2 Å². The van der Waals surface area contributed by atoms with Crippen LogP contribution in [0.2, 0.25) is 10.0 Å². The zero-order valence-electron chi connectivity index (χ0n) is 17.8. The Hall–Kier alpha value is -0.561. The van der Waals surface area contributed by atoms with Crippen LogP contribution in [-0.2, 0) is 0 Å². The number of nitrogens with zero attached hydrogens (tertiary/aromatic N) is 2. The number of unbranched alkanes of at least 4 members (excludes halogenated alkanes) is 6. The number of rotatable bonds is 11. The molecule has 1 amide bonds. The summed E-state index contributed by atoms with van der Waals surface area (Å²) < 4.78 is 4.63. The fourth-order valence-corrected chi connectivity index (χ4v) is 7.47. The monoisotopic (exact) mass is 667 g/mol. The number of aromatic nitrogens is 2. The van der Waals surface area contributed by atoms with Gasteiger partial charge in [-0.3, -0.25) is 0 Å². The topological polar surface area (TPSA) is 46.9 Å². The third kappa shape index (κ3) is 6.74. The second kappa shape index (κ2) is 12.8. The minimum absolute atomic E-state index is 0.0880. The Labute approximate surface area is 222 Å². The van der Waals surface area contributed by atoms with E-state index in [-0.39, 0.29) is 20.4 Å². The van der Waals surface area contributed by atoms with Crippen LogP contribution in [0, 0.1) is 0 Å². The summed E-state index contributed by atoms with van der Waals surface area (Å²) in [6.45, 7) is 2.86. The third-order valence-corrected chi connectivity index (χ3v) is 9.29. The summed E-state index contributed by atoms with van der Waals surface area (Å²) in [7, 11) is 0. The Bertz CT molecular complexity index is 1070. The van der Waals surface area contributed by atoms with E-state index in [1.165, 1.54) is 32.1 Å². The Morgan fingerprint density at radius 1 is 1.06 bits per heavy atom. The van der Waals surface area contributed by atoms with Gasteiger partial charge in [0.05, 0.1) is 0 Å². The van der Waals surface area contributed by atoms with Gasteiger partial charge in [-0.1, -0.05) is 19.8 Å². The Balaban J connectivity index is 1.78. The molecule has 2 heterocycles. The number of carbonyl (C=O) groups excluding carboxylic acids is 1. The number of amides is 1. The number of hydrogen-bond acceptors (Lipinski definition) is 2. The van der Waals surface area contributed by atoms with Gasteiger partial charge in [0.15, 0.2) is 0 Å². The molecule has 0 saturated carbocycles. The van der Waals surface area contributed by atoms with E-state index in [9.17, 15) is 4.79 Å². The van der Waals surface area contributed by atoms with Crippen LogP contribution in [0.3, 0.4) is 0 Å². The van der Waals surface area contributed by atoms with Gasteiger partial charge in [-0.2, -0.15) is 0 Å². The van der Waals surface area contributed by atoms with E-state index in [2.05, 4.69) is 49.2 Å². The molecule has 172 valence electrons. The first-order valence-corrected chi connectivity index (χ1v) is 14.8. The molecule has 0 saturated heterocycles. The fourth-order valence-electron chi connectivity index (χ4n) is 3.39. The normalized spacial score (nSPS) is 11.2. The molecule has 0 aliphatic heterocycles. The second-order valence-electron chi connectivity index (χ2n) is 7.50. The quantitative estimate of drug-likeness (QED) is 0.167. The molecule has 1 N–H and O–H groups in total.